The molecule has 0 saturated carbocycles. The van der Waals surface area contributed by atoms with Crippen molar-refractivity contribution in [2.45, 2.75) is 18.9 Å². The average Bonchev–Trinajstić information content (AvgIpc) is 2.62. The van der Waals surface area contributed by atoms with Crippen LogP contribution in [0.1, 0.15) is 12.8 Å². The van der Waals surface area contributed by atoms with E-state index in [9.17, 15) is 14.4 Å². The minimum Gasteiger partial charge on any atom is -0.356 e. The molecule has 1 saturated heterocycles. The maximum absolute atomic E-state index is 11.3. The quantitative estimate of drug-likeness (QED) is 0.477. The SMILES string of the molecule is CNC(=O)C(=O)[C@@H](N)C[C@@H]1CCNC1=O. The summed E-state index contributed by atoms with van der Waals surface area (Å²) in [6.07, 6.45) is 0.908. The van der Waals surface area contributed by atoms with Gasteiger partial charge in [0.1, 0.15) is 0 Å². The lowest BCUT2D eigenvalue weighted by Crippen LogP contribution is -2.42. The number of ketones is 1. The van der Waals surface area contributed by atoms with Crippen LogP contribution in [0, 0.1) is 5.92 Å². The number of carbonyl (C=O) groups excluding carboxylic acids is 3. The molecule has 1 fully saturated rings. The Balaban J connectivity index is 2.47. The van der Waals surface area contributed by atoms with Crippen molar-refractivity contribution >= 4 is 17.6 Å². The molecule has 0 spiro atoms. The first-order valence-corrected chi connectivity index (χ1v) is 4.85. The number of Topliss-reactive ketones (excluding diaryl/α,β-unsaturated/α-hetero) is 1. The van der Waals surface area contributed by atoms with Gasteiger partial charge in [-0.15, -0.1) is 0 Å². The monoisotopic (exact) mass is 213 g/mol. The maximum atomic E-state index is 11.3. The highest BCUT2D eigenvalue weighted by atomic mass is 16.2. The minimum absolute atomic E-state index is 0.0878. The summed E-state index contributed by atoms with van der Waals surface area (Å²) >= 11 is 0. The van der Waals surface area contributed by atoms with Crippen molar-refractivity contribution in [1.29, 1.82) is 0 Å². The van der Waals surface area contributed by atoms with Gasteiger partial charge in [-0.3, -0.25) is 14.4 Å². The first-order valence-electron chi connectivity index (χ1n) is 4.85. The highest BCUT2D eigenvalue weighted by molar-refractivity contribution is 6.38. The molecular formula is C9H15N3O3. The van der Waals surface area contributed by atoms with Crippen LogP contribution in [0.5, 0.6) is 0 Å². The second-order valence-corrected chi connectivity index (χ2v) is 3.56. The summed E-state index contributed by atoms with van der Waals surface area (Å²) in [6, 6.07) is -0.890. The first-order chi connectivity index (χ1) is 7.06. The molecule has 0 aromatic heterocycles. The second-order valence-electron chi connectivity index (χ2n) is 3.56. The van der Waals surface area contributed by atoms with Crippen LogP contribution in [0.4, 0.5) is 0 Å². The summed E-state index contributed by atoms with van der Waals surface area (Å²) in [7, 11) is 1.37. The van der Waals surface area contributed by atoms with Gasteiger partial charge in [0.2, 0.25) is 11.7 Å². The number of rotatable bonds is 4. The van der Waals surface area contributed by atoms with Gasteiger partial charge in [-0.25, -0.2) is 0 Å². The number of likely N-dealkylation sites (N-methyl/N-ethyl adjacent to an activating group) is 1. The Kier molecular flexibility index (Phi) is 3.79. The normalized spacial score (nSPS) is 22.0. The highest BCUT2D eigenvalue weighted by Crippen LogP contribution is 2.15. The van der Waals surface area contributed by atoms with Gasteiger partial charge in [0, 0.05) is 19.5 Å². The average molecular weight is 213 g/mol. The molecule has 1 rings (SSSR count). The molecule has 0 radical (unpaired) electrons. The van der Waals surface area contributed by atoms with E-state index in [0.29, 0.717) is 13.0 Å². The minimum atomic E-state index is -0.890. The molecule has 1 aliphatic heterocycles. The van der Waals surface area contributed by atoms with Crippen molar-refractivity contribution in [3.8, 4) is 0 Å². The van der Waals surface area contributed by atoms with E-state index < -0.39 is 17.7 Å². The molecule has 0 aromatic carbocycles. The van der Waals surface area contributed by atoms with Gasteiger partial charge < -0.3 is 16.4 Å². The van der Waals surface area contributed by atoms with Gasteiger partial charge in [0.15, 0.2) is 0 Å². The van der Waals surface area contributed by atoms with Gasteiger partial charge in [-0.05, 0) is 12.8 Å². The molecule has 2 atom stereocenters. The zero-order chi connectivity index (χ0) is 11.4. The largest absolute Gasteiger partial charge is 0.356 e. The van der Waals surface area contributed by atoms with Crippen molar-refractivity contribution in [1.82, 2.24) is 10.6 Å². The Labute approximate surface area is 87.6 Å². The zero-order valence-corrected chi connectivity index (χ0v) is 8.58. The predicted octanol–water partition coefficient (Wildman–Crippen LogP) is -1.84. The molecule has 0 unspecified atom stereocenters. The van der Waals surface area contributed by atoms with E-state index in [1.807, 2.05) is 0 Å². The van der Waals surface area contributed by atoms with Crippen LogP contribution in [-0.4, -0.2) is 37.2 Å². The summed E-state index contributed by atoms with van der Waals surface area (Å²) in [4.78, 5) is 33.5. The molecule has 15 heavy (non-hydrogen) atoms. The number of nitrogens with two attached hydrogens (primary N) is 1. The van der Waals surface area contributed by atoms with Crippen molar-refractivity contribution < 1.29 is 14.4 Å². The van der Waals surface area contributed by atoms with Crippen LogP contribution in [-0.2, 0) is 14.4 Å². The number of hydrogen-bond acceptors (Lipinski definition) is 4. The van der Waals surface area contributed by atoms with Gasteiger partial charge in [-0.1, -0.05) is 0 Å². The van der Waals surface area contributed by atoms with Crippen LogP contribution in [0.2, 0.25) is 0 Å². The van der Waals surface area contributed by atoms with Crippen LogP contribution in [0.15, 0.2) is 0 Å². The third-order valence-corrected chi connectivity index (χ3v) is 2.49. The standard InChI is InChI=1S/C9H15N3O3/c1-11-9(15)7(13)6(10)4-5-2-3-12-8(5)14/h5-6H,2-4,10H2,1H3,(H,11,15)(H,12,14)/t5-,6-/m0/s1. The van der Waals surface area contributed by atoms with E-state index in [4.69, 9.17) is 5.73 Å². The summed E-state index contributed by atoms with van der Waals surface area (Å²) in [5, 5.41) is 4.86. The topological polar surface area (TPSA) is 101 Å². The third-order valence-electron chi connectivity index (χ3n) is 2.49. The van der Waals surface area contributed by atoms with Crippen LogP contribution >= 0.6 is 0 Å². The Morgan fingerprint density at radius 2 is 2.33 bits per heavy atom. The molecule has 6 nitrogen and oxygen atoms in total. The molecule has 0 bridgehead atoms. The molecule has 0 aliphatic carbocycles. The third kappa shape index (κ3) is 2.76. The fraction of sp³-hybridized carbons (Fsp3) is 0.667. The van der Waals surface area contributed by atoms with E-state index in [0.717, 1.165) is 0 Å². The maximum Gasteiger partial charge on any atom is 0.288 e. The predicted molar refractivity (Wildman–Crippen MR) is 52.8 cm³/mol. The fourth-order valence-corrected chi connectivity index (χ4v) is 1.58. The van der Waals surface area contributed by atoms with Crippen molar-refractivity contribution in [3.63, 3.8) is 0 Å². The molecule has 0 aromatic rings. The van der Waals surface area contributed by atoms with Crippen LogP contribution in [0.3, 0.4) is 0 Å². The van der Waals surface area contributed by atoms with Gasteiger partial charge in [0.25, 0.3) is 5.91 Å². The van der Waals surface area contributed by atoms with Gasteiger partial charge >= 0.3 is 0 Å². The summed E-state index contributed by atoms with van der Waals surface area (Å²) in [5.74, 6) is -1.71. The van der Waals surface area contributed by atoms with Crippen LogP contribution < -0.4 is 16.4 Å². The first kappa shape index (κ1) is 11.6. The Morgan fingerprint density at radius 3 is 2.80 bits per heavy atom. The number of carbonyl (C=O) groups is 3. The molecular weight excluding hydrogens is 198 g/mol. The lowest BCUT2D eigenvalue weighted by molar-refractivity contribution is -0.138. The fourth-order valence-electron chi connectivity index (χ4n) is 1.58. The van der Waals surface area contributed by atoms with Gasteiger partial charge in [0.05, 0.1) is 6.04 Å². The van der Waals surface area contributed by atoms with E-state index >= 15 is 0 Å². The molecule has 4 N–H and O–H groups in total. The summed E-state index contributed by atoms with van der Waals surface area (Å²) < 4.78 is 0. The number of nitrogens with one attached hydrogen (secondary N) is 2. The molecule has 2 amide bonds. The van der Waals surface area contributed by atoms with E-state index in [1.54, 1.807) is 0 Å². The van der Waals surface area contributed by atoms with Crippen LogP contribution in [0.25, 0.3) is 0 Å². The molecule has 1 aliphatic rings. The number of hydrogen-bond donors (Lipinski definition) is 3. The Hall–Kier alpha value is -1.43. The highest BCUT2D eigenvalue weighted by Gasteiger charge is 2.30. The van der Waals surface area contributed by atoms with E-state index in [2.05, 4.69) is 10.6 Å². The smallest absolute Gasteiger partial charge is 0.288 e. The Morgan fingerprint density at radius 1 is 1.67 bits per heavy atom. The molecule has 84 valence electrons. The molecule has 6 heteroatoms. The zero-order valence-electron chi connectivity index (χ0n) is 8.58. The molecule has 1 heterocycles. The summed E-state index contributed by atoms with van der Waals surface area (Å²) in [6.45, 7) is 0.615. The number of amides is 2. The Bertz CT molecular complexity index is 290. The second kappa shape index (κ2) is 4.88. The lowest BCUT2D eigenvalue weighted by atomic mass is 9.96. The van der Waals surface area contributed by atoms with E-state index in [1.165, 1.54) is 7.05 Å². The summed E-state index contributed by atoms with van der Waals surface area (Å²) in [5.41, 5.74) is 5.55. The van der Waals surface area contributed by atoms with E-state index in [-0.39, 0.29) is 18.2 Å². The lowest BCUT2D eigenvalue weighted by Gasteiger charge is -2.12. The van der Waals surface area contributed by atoms with Crippen molar-refractivity contribution in [2.75, 3.05) is 13.6 Å². The van der Waals surface area contributed by atoms with Gasteiger partial charge in [-0.2, -0.15) is 0 Å². The van der Waals surface area contributed by atoms with Crippen molar-refractivity contribution in [2.24, 2.45) is 11.7 Å². The van der Waals surface area contributed by atoms with Crippen molar-refractivity contribution in [3.05, 3.63) is 0 Å².